The van der Waals surface area contributed by atoms with Gasteiger partial charge in [0.25, 0.3) is 5.91 Å². The number of ether oxygens (including phenoxy) is 2. The summed E-state index contributed by atoms with van der Waals surface area (Å²) in [4.78, 5) is 12.6. The van der Waals surface area contributed by atoms with Crippen molar-refractivity contribution in [3.05, 3.63) is 94.8 Å². The first-order chi connectivity index (χ1) is 15.0. The SMILES string of the molecule is COc1ccc(/C=C(\C#N)C(=O)Nc2ccc(C)cc2)c(OCc2ccc(F)cc2)c1. The maximum atomic E-state index is 13.1. The number of hydrogen-bond acceptors (Lipinski definition) is 4. The summed E-state index contributed by atoms with van der Waals surface area (Å²) < 4.78 is 24.2. The molecule has 0 aliphatic rings. The quantitative estimate of drug-likeness (QED) is 0.421. The van der Waals surface area contributed by atoms with Crippen molar-refractivity contribution in [3.63, 3.8) is 0 Å². The zero-order chi connectivity index (χ0) is 22.2. The highest BCUT2D eigenvalue weighted by molar-refractivity contribution is 6.09. The first kappa shape index (κ1) is 21.6. The van der Waals surface area contributed by atoms with Crippen molar-refractivity contribution >= 4 is 17.7 Å². The van der Waals surface area contributed by atoms with Gasteiger partial charge in [-0.1, -0.05) is 29.8 Å². The molecular weight excluding hydrogens is 395 g/mol. The van der Waals surface area contributed by atoms with Crippen LogP contribution in [0.1, 0.15) is 16.7 Å². The first-order valence-corrected chi connectivity index (χ1v) is 9.53. The van der Waals surface area contributed by atoms with Crippen molar-refractivity contribution < 1.29 is 18.7 Å². The zero-order valence-corrected chi connectivity index (χ0v) is 17.2. The zero-order valence-electron chi connectivity index (χ0n) is 17.2. The van der Waals surface area contributed by atoms with Crippen molar-refractivity contribution in [3.8, 4) is 17.6 Å². The van der Waals surface area contributed by atoms with E-state index in [1.54, 1.807) is 42.5 Å². The lowest BCUT2D eigenvalue weighted by atomic mass is 10.1. The number of rotatable bonds is 7. The van der Waals surface area contributed by atoms with E-state index in [9.17, 15) is 14.4 Å². The summed E-state index contributed by atoms with van der Waals surface area (Å²) in [5.74, 6) is 0.145. The van der Waals surface area contributed by atoms with Gasteiger partial charge in [-0.3, -0.25) is 4.79 Å². The number of hydrogen-bond donors (Lipinski definition) is 1. The minimum Gasteiger partial charge on any atom is -0.497 e. The highest BCUT2D eigenvalue weighted by Crippen LogP contribution is 2.28. The van der Waals surface area contributed by atoms with Crippen LogP contribution in [0, 0.1) is 24.1 Å². The van der Waals surface area contributed by atoms with Gasteiger partial charge in [0.2, 0.25) is 0 Å². The van der Waals surface area contributed by atoms with Crippen molar-refractivity contribution in [2.24, 2.45) is 0 Å². The maximum Gasteiger partial charge on any atom is 0.266 e. The fourth-order valence-corrected chi connectivity index (χ4v) is 2.77. The number of carbonyl (C=O) groups is 1. The Morgan fingerprint density at radius 3 is 2.45 bits per heavy atom. The third kappa shape index (κ3) is 5.94. The average Bonchev–Trinajstić information content (AvgIpc) is 2.79. The fraction of sp³-hybridized carbons (Fsp3) is 0.120. The normalized spacial score (nSPS) is 10.8. The Kier molecular flexibility index (Phi) is 7.02. The number of carbonyl (C=O) groups excluding carboxylic acids is 1. The van der Waals surface area contributed by atoms with Gasteiger partial charge in [0.05, 0.1) is 7.11 Å². The molecular formula is C25H21FN2O3. The van der Waals surface area contributed by atoms with Crippen LogP contribution in [-0.2, 0) is 11.4 Å². The molecule has 156 valence electrons. The molecule has 0 saturated heterocycles. The van der Waals surface area contributed by atoms with Crippen molar-refractivity contribution in [1.29, 1.82) is 5.26 Å². The van der Waals surface area contributed by atoms with Crippen LogP contribution >= 0.6 is 0 Å². The van der Waals surface area contributed by atoms with Gasteiger partial charge >= 0.3 is 0 Å². The molecule has 0 atom stereocenters. The molecule has 0 spiro atoms. The van der Waals surface area contributed by atoms with Crippen LogP contribution in [0.5, 0.6) is 11.5 Å². The van der Waals surface area contributed by atoms with Gasteiger partial charge in [-0.15, -0.1) is 0 Å². The first-order valence-electron chi connectivity index (χ1n) is 9.53. The monoisotopic (exact) mass is 416 g/mol. The molecule has 0 heterocycles. The number of amides is 1. The average molecular weight is 416 g/mol. The second-order valence-electron chi connectivity index (χ2n) is 6.81. The molecule has 31 heavy (non-hydrogen) atoms. The molecule has 0 saturated carbocycles. The van der Waals surface area contributed by atoms with E-state index in [0.717, 1.165) is 11.1 Å². The van der Waals surface area contributed by atoms with Crippen molar-refractivity contribution in [1.82, 2.24) is 0 Å². The van der Waals surface area contributed by atoms with Gasteiger partial charge in [0.1, 0.15) is 35.6 Å². The number of nitrogens with one attached hydrogen (secondary N) is 1. The summed E-state index contributed by atoms with van der Waals surface area (Å²) in [5, 5.41) is 12.2. The van der Waals surface area contributed by atoms with E-state index in [1.165, 1.54) is 25.3 Å². The Morgan fingerprint density at radius 1 is 1.10 bits per heavy atom. The summed E-state index contributed by atoms with van der Waals surface area (Å²) in [6.07, 6.45) is 1.46. The van der Waals surface area contributed by atoms with Gasteiger partial charge < -0.3 is 14.8 Å². The van der Waals surface area contributed by atoms with E-state index in [4.69, 9.17) is 9.47 Å². The number of nitriles is 1. The third-order valence-corrected chi connectivity index (χ3v) is 4.50. The molecule has 3 rings (SSSR count). The smallest absolute Gasteiger partial charge is 0.266 e. The number of halogens is 1. The van der Waals surface area contributed by atoms with Crippen LogP contribution < -0.4 is 14.8 Å². The second kappa shape index (κ2) is 10.1. The molecule has 3 aromatic rings. The van der Waals surface area contributed by atoms with Crippen molar-refractivity contribution in [2.75, 3.05) is 12.4 Å². The summed E-state index contributed by atoms with van der Waals surface area (Å²) in [7, 11) is 1.53. The summed E-state index contributed by atoms with van der Waals surface area (Å²) in [6.45, 7) is 2.13. The number of benzene rings is 3. The molecule has 0 aliphatic heterocycles. The Balaban J connectivity index is 1.83. The number of anilines is 1. The molecule has 1 amide bonds. The summed E-state index contributed by atoms with van der Waals surface area (Å²) >= 11 is 0. The molecule has 0 bridgehead atoms. The van der Waals surface area contributed by atoms with E-state index >= 15 is 0 Å². The lowest BCUT2D eigenvalue weighted by molar-refractivity contribution is -0.112. The topological polar surface area (TPSA) is 71.3 Å². The van der Waals surface area contributed by atoms with Crippen LogP contribution in [0.15, 0.2) is 72.3 Å². The van der Waals surface area contributed by atoms with Crippen molar-refractivity contribution in [2.45, 2.75) is 13.5 Å². The van der Waals surface area contributed by atoms with Gasteiger partial charge in [0.15, 0.2) is 0 Å². The van der Waals surface area contributed by atoms with Gasteiger partial charge in [-0.25, -0.2) is 4.39 Å². The number of aryl methyl sites for hydroxylation is 1. The Hall–Kier alpha value is -4.11. The molecule has 5 nitrogen and oxygen atoms in total. The van der Waals surface area contributed by atoms with E-state index in [2.05, 4.69) is 5.32 Å². The highest BCUT2D eigenvalue weighted by Gasteiger charge is 2.12. The fourth-order valence-electron chi connectivity index (χ4n) is 2.77. The second-order valence-corrected chi connectivity index (χ2v) is 6.81. The number of methoxy groups -OCH3 is 1. The van der Waals surface area contributed by atoms with Gasteiger partial charge in [-0.05, 0) is 55.0 Å². The standard InChI is InChI=1S/C25H21FN2O3/c1-17-3-10-22(11-4-17)28-25(29)20(15-27)13-19-7-12-23(30-2)14-24(19)31-16-18-5-8-21(26)9-6-18/h3-14H,16H2,1-2H3,(H,28,29)/b20-13+. The third-order valence-electron chi connectivity index (χ3n) is 4.50. The van der Waals surface area contributed by atoms with Crippen LogP contribution in [0.25, 0.3) is 6.08 Å². The Bertz CT molecular complexity index is 1130. The van der Waals surface area contributed by atoms with Gasteiger partial charge in [-0.2, -0.15) is 5.26 Å². The molecule has 0 aromatic heterocycles. The Morgan fingerprint density at radius 2 is 1.81 bits per heavy atom. The van der Waals surface area contributed by atoms with Crippen LogP contribution in [0.2, 0.25) is 0 Å². The lowest BCUT2D eigenvalue weighted by Crippen LogP contribution is -2.13. The molecule has 1 N–H and O–H groups in total. The molecule has 0 aliphatic carbocycles. The van der Waals surface area contributed by atoms with E-state index in [0.29, 0.717) is 22.7 Å². The van der Waals surface area contributed by atoms with E-state index in [-0.39, 0.29) is 18.0 Å². The van der Waals surface area contributed by atoms with E-state index in [1.807, 2.05) is 25.1 Å². The minimum atomic E-state index is -0.522. The molecule has 3 aromatic carbocycles. The summed E-state index contributed by atoms with van der Waals surface area (Å²) in [6, 6.07) is 20.3. The molecule has 0 fully saturated rings. The number of nitrogens with zero attached hydrogens (tertiary/aromatic N) is 1. The molecule has 0 radical (unpaired) electrons. The highest BCUT2D eigenvalue weighted by atomic mass is 19.1. The van der Waals surface area contributed by atoms with Crippen LogP contribution in [0.3, 0.4) is 0 Å². The molecule has 6 heteroatoms. The Labute approximate surface area is 180 Å². The summed E-state index contributed by atoms with van der Waals surface area (Å²) in [5.41, 5.74) is 2.90. The minimum absolute atomic E-state index is 0.0719. The predicted molar refractivity (Wildman–Crippen MR) is 117 cm³/mol. The molecule has 0 unspecified atom stereocenters. The van der Waals surface area contributed by atoms with Crippen LogP contribution in [0.4, 0.5) is 10.1 Å². The van der Waals surface area contributed by atoms with Crippen LogP contribution in [-0.4, -0.2) is 13.0 Å². The lowest BCUT2D eigenvalue weighted by Gasteiger charge is -2.12. The predicted octanol–water partition coefficient (Wildman–Crippen LogP) is 5.27. The van der Waals surface area contributed by atoms with E-state index < -0.39 is 5.91 Å². The maximum absolute atomic E-state index is 13.1. The largest absolute Gasteiger partial charge is 0.497 e. The van der Waals surface area contributed by atoms with Gasteiger partial charge in [0, 0.05) is 17.3 Å².